The molecule has 0 saturated carbocycles. The molecule has 1 aliphatic heterocycles. The lowest BCUT2D eigenvalue weighted by molar-refractivity contribution is 0.0330. The maximum absolute atomic E-state index is 11.5. The number of nitrogens with one attached hydrogen (secondary N) is 1. The Balaban J connectivity index is 2.35. The molecule has 1 N–H and O–H groups in total. The van der Waals surface area contributed by atoms with Gasteiger partial charge in [0.2, 0.25) is 0 Å². The van der Waals surface area contributed by atoms with Crippen molar-refractivity contribution < 1.29 is 9.53 Å². The Morgan fingerprint density at radius 3 is 2.69 bits per heavy atom. The van der Waals surface area contributed by atoms with E-state index < -0.39 is 11.7 Å². The van der Waals surface area contributed by atoms with Gasteiger partial charge in [0.15, 0.2) is 0 Å². The first-order valence-electron chi connectivity index (χ1n) is 5.33. The lowest BCUT2D eigenvalue weighted by Gasteiger charge is -2.53. The SMILES string of the molecule is CC(C)(C)OC(=O)NC1CN([O-])C1CCI. The van der Waals surface area contributed by atoms with E-state index in [1.54, 1.807) is 0 Å². The molecule has 0 aromatic heterocycles. The second-order valence-corrected chi connectivity index (χ2v) is 5.98. The summed E-state index contributed by atoms with van der Waals surface area (Å²) in [5.41, 5.74) is -0.496. The number of nitrogens with zero attached hydrogens (tertiary/aromatic N) is 1. The third-order valence-corrected chi connectivity index (χ3v) is 2.94. The Hall–Kier alpha value is -0.0800. The van der Waals surface area contributed by atoms with Crippen LogP contribution in [0.15, 0.2) is 0 Å². The van der Waals surface area contributed by atoms with E-state index in [0.29, 0.717) is 6.54 Å². The molecule has 2 atom stereocenters. The molecule has 2 unspecified atom stereocenters. The highest BCUT2D eigenvalue weighted by Crippen LogP contribution is 2.21. The smallest absolute Gasteiger partial charge is 0.407 e. The fourth-order valence-electron chi connectivity index (χ4n) is 1.57. The molecule has 0 aromatic carbocycles. The summed E-state index contributed by atoms with van der Waals surface area (Å²) >= 11 is 2.23. The first kappa shape index (κ1) is 14.0. The second kappa shape index (κ2) is 5.50. The Bertz CT molecular complexity index is 255. The lowest BCUT2D eigenvalue weighted by atomic mass is 9.97. The largest absolute Gasteiger partial charge is 0.785 e. The summed E-state index contributed by atoms with van der Waals surface area (Å²) in [7, 11) is 0. The molecule has 1 rings (SSSR count). The van der Waals surface area contributed by atoms with Crippen LogP contribution < -0.4 is 5.32 Å². The van der Waals surface area contributed by atoms with E-state index in [0.717, 1.165) is 15.9 Å². The summed E-state index contributed by atoms with van der Waals surface area (Å²) < 4.78 is 6.04. The zero-order valence-corrected chi connectivity index (χ0v) is 12.0. The maximum atomic E-state index is 11.5. The lowest BCUT2D eigenvalue weighted by Crippen LogP contribution is -2.64. The molecule has 1 amide bonds. The van der Waals surface area contributed by atoms with Crippen molar-refractivity contribution in [3.63, 3.8) is 0 Å². The van der Waals surface area contributed by atoms with Crippen molar-refractivity contribution in [1.29, 1.82) is 0 Å². The summed E-state index contributed by atoms with van der Waals surface area (Å²) in [5, 5.41) is 15.0. The summed E-state index contributed by atoms with van der Waals surface area (Å²) in [6.45, 7) is 5.81. The van der Waals surface area contributed by atoms with Crippen LogP contribution in [0.4, 0.5) is 4.79 Å². The first-order valence-corrected chi connectivity index (χ1v) is 6.85. The average molecular weight is 341 g/mol. The van der Waals surface area contributed by atoms with Crippen molar-refractivity contribution in [2.75, 3.05) is 11.0 Å². The van der Waals surface area contributed by atoms with Gasteiger partial charge < -0.3 is 20.3 Å². The van der Waals surface area contributed by atoms with Crippen LogP contribution in [0.3, 0.4) is 0 Å². The van der Waals surface area contributed by atoms with Crippen molar-refractivity contribution in [3.05, 3.63) is 5.21 Å². The molecule has 5 nitrogen and oxygen atoms in total. The van der Waals surface area contributed by atoms with Crippen LogP contribution in [0.5, 0.6) is 0 Å². The zero-order valence-electron chi connectivity index (χ0n) is 9.83. The third-order valence-electron chi connectivity index (χ3n) is 2.32. The van der Waals surface area contributed by atoms with E-state index in [9.17, 15) is 10.0 Å². The number of hydroxylamine groups is 2. The third kappa shape index (κ3) is 4.06. The van der Waals surface area contributed by atoms with Crippen molar-refractivity contribution >= 4 is 28.7 Å². The number of hydrogen-bond acceptors (Lipinski definition) is 4. The van der Waals surface area contributed by atoms with E-state index in [1.165, 1.54) is 0 Å². The standard InChI is InChI=1S/C10H18IN2O3/c1-10(2,3)16-9(14)12-7-6-13(15)8(7)4-5-11/h7-8H,4-6H2,1-3H3,(H,12,14)/q-1. The molecule has 16 heavy (non-hydrogen) atoms. The number of rotatable bonds is 3. The number of hydrogen-bond donors (Lipinski definition) is 1. The Morgan fingerprint density at radius 2 is 2.25 bits per heavy atom. The number of ether oxygens (including phenoxy) is 1. The molecule has 1 saturated heterocycles. The van der Waals surface area contributed by atoms with Crippen LogP contribution in [-0.2, 0) is 4.74 Å². The van der Waals surface area contributed by atoms with Crippen LogP contribution >= 0.6 is 22.6 Å². The molecular formula is C10H18IN2O3-. The van der Waals surface area contributed by atoms with Gasteiger partial charge in [-0.1, -0.05) is 22.6 Å². The minimum Gasteiger partial charge on any atom is -0.785 e. The molecule has 0 spiro atoms. The van der Waals surface area contributed by atoms with Crippen molar-refractivity contribution in [1.82, 2.24) is 10.4 Å². The summed E-state index contributed by atoms with van der Waals surface area (Å²) in [4.78, 5) is 11.5. The van der Waals surface area contributed by atoms with Crippen LogP contribution in [-0.4, -0.2) is 39.8 Å². The minimum absolute atomic E-state index is 0.0675. The van der Waals surface area contributed by atoms with Gasteiger partial charge in [0.1, 0.15) is 5.60 Å². The van der Waals surface area contributed by atoms with Gasteiger partial charge in [-0.3, -0.25) is 0 Å². The van der Waals surface area contributed by atoms with Crippen molar-refractivity contribution in [2.24, 2.45) is 0 Å². The zero-order chi connectivity index (χ0) is 12.3. The molecular weight excluding hydrogens is 323 g/mol. The van der Waals surface area contributed by atoms with Crippen molar-refractivity contribution in [2.45, 2.75) is 44.9 Å². The summed E-state index contributed by atoms with van der Waals surface area (Å²) in [6, 6.07) is -0.161. The van der Waals surface area contributed by atoms with E-state index in [4.69, 9.17) is 4.74 Å². The van der Waals surface area contributed by atoms with E-state index in [1.807, 2.05) is 20.8 Å². The molecule has 1 aliphatic rings. The van der Waals surface area contributed by atoms with E-state index in [2.05, 4.69) is 27.9 Å². The van der Waals surface area contributed by atoms with Gasteiger partial charge in [-0.15, -0.1) is 0 Å². The average Bonchev–Trinajstić information content (AvgIpc) is 2.10. The number of amides is 1. The summed E-state index contributed by atoms with van der Waals surface area (Å²) in [6.07, 6.45) is 0.355. The molecule has 1 fully saturated rings. The van der Waals surface area contributed by atoms with Gasteiger partial charge in [-0.05, 0) is 27.2 Å². The van der Waals surface area contributed by atoms with Crippen LogP contribution in [0.1, 0.15) is 27.2 Å². The number of alkyl halides is 1. The predicted octanol–water partition coefficient (Wildman–Crippen LogP) is 1.89. The highest BCUT2D eigenvalue weighted by Gasteiger charge is 2.34. The van der Waals surface area contributed by atoms with Gasteiger partial charge in [-0.25, -0.2) is 4.79 Å². The van der Waals surface area contributed by atoms with Gasteiger partial charge in [0.25, 0.3) is 0 Å². The summed E-state index contributed by atoms with van der Waals surface area (Å²) in [5.74, 6) is 0. The molecule has 0 radical (unpaired) electrons. The number of halogens is 1. The monoisotopic (exact) mass is 341 g/mol. The second-order valence-electron chi connectivity index (χ2n) is 4.90. The van der Waals surface area contributed by atoms with Gasteiger partial charge in [0.05, 0.1) is 6.04 Å². The van der Waals surface area contributed by atoms with Gasteiger partial charge in [-0.2, -0.15) is 0 Å². The Labute approximate surface area is 110 Å². The van der Waals surface area contributed by atoms with Crippen LogP contribution in [0.2, 0.25) is 0 Å². The molecule has 0 bridgehead atoms. The predicted molar refractivity (Wildman–Crippen MR) is 70.5 cm³/mol. The van der Waals surface area contributed by atoms with Gasteiger partial charge in [0, 0.05) is 17.0 Å². The molecule has 1 heterocycles. The fraction of sp³-hybridized carbons (Fsp3) is 0.900. The van der Waals surface area contributed by atoms with Crippen LogP contribution in [0.25, 0.3) is 0 Å². The van der Waals surface area contributed by atoms with E-state index in [-0.39, 0.29) is 12.1 Å². The quantitative estimate of drug-likeness (QED) is 0.629. The highest BCUT2D eigenvalue weighted by atomic mass is 127. The molecule has 0 aliphatic carbocycles. The Kier molecular flexibility index (Phi) is 4.81. The van der Waals surface area contributed by atoms with Gasteiger partial charge >= 0.3 is 6.09 Å². The normalized spacial score (nSPS) is 26.1. The maximum Gasteiger partial charge on any atom is 0.407 e. The fourth-order valence-corrected chi connectivity index (χ4v) is 2.21. The minimum atomic E-state index is -0.496. The molecule has 6 heteroatoms. The van der Waals surface area contributed by atoms with Crippen molar-refractivity contribution in [3.8, 4) is 0 Å². The highest BCUT2D eigenvalue weighted by molar-refractivity contribution is 14.1. The number of carbonyl (C=O) groups is 1. The topological polar surface area (TPSA) is 64.6 Å². The first-order chi connectivity index (χ1) is 7.33. The molecule has 0 aromatic rings. The molecule has 94 valence electrons. The van der Waals surface area contributed by atoms with Crippen LogP contribution in [0, 0.1) is 5.21 Å². The Morgan fingerprint density at radius 1 is 1.62 bits per heavy atom. The number of carbonyl (C=O) groups excluding carboxylic acids is 1. The van der Waals surface area contributed by atoms with E-state index >= 15 is 0 Å². The number of alkyl carbamates (subject to hydrolysis) is 1.